The summed E-state index contributed by atoms with van der Waals surface area (Å²) in [4.78, 5) is 1.71. The van der Waals surface area contributed by atoms with Gasteiger partial charge in [0, 0.05) is 49.6 Å². The number of aromatic nitrogens is 1. The number of hydrogen-bond donors (Lipinski definition) is 0. The van der Waals surface area contributed by atoms with Crippen LogP contribution >= 0.6 is 0 Å². The van der Waals surface area contributed by atoms with E-state index < -0.39 is 59.9 Å². The predicted octanol–water partition coefficient (Wildman–Crippen LogP) is 16.3. The minimum atomic E-state index is -0.635. The van der Waals surface area contributed by atoms with Crippen molar-refractivity contribution in [2.45, 2.75) is 0 Å². The van der Waals surface area contributed by atoms with Crippen LogP contribution < -0.4 is 4.90 Å². The highest BCUT2D eigenvalue weighted by atomic mass is 16.3. The predicted molar refractivity (Wildman–Crippen MR) is 257 cm³/mol. The maximum Gasteiger partial charge on any atom is 0.143 e. The molecule has 3 nitrogen and oxygen atoms in total. The summed E-state index contributed by atoms with van der Waals surface area (Å²) in [6.07, 6.45) is 0. The lowest BCUT2D eigenvalue weighted by atomic mass is 9.98. The molecule has 12 aromatic rings. The Morgan fingerprint density at radius 1 is 0.410 bits per heavy atom. The molecule has 2 aromatic heterocycles. The number of benzene rings is 10. The van der Waals surface area contributed by atoms with Crippen LogP contribution in [0.25, 0.3) is 93.6 Å². The van der Waals surface area contributed by atoms with Gasteiger partial charge in [-0.25, -0.2) is 0 Å². The lowest BCUT2D eigenvalue weighted by Gasteiger charge is -2.28. The van der Waals surface area contributed by atoms with Crippen molar-refractivity contribution >= 4 is 71.6 Å². The van der Waals surface area contributed by atoms with Gasteiger partial charge in [0.2, 0.25) is 0 Å². The lowest BCUT2D eigenvalue weighted by Crippen LogP contribution is -2.11. The fraction of sp³-hybridized carbons (Fsp3) is 0. The summed E-state index contributed by atoms with van der Waals surface area (Å²) < 4.78 is 89.1. The average Bonchev–Trinajstić information content (AvgIpc) is 3.95. The summed E-state index contributed by atoms with van der Waals surface area (Å²) in [5, 5.41) is 6.24. The van der Waals surface area contributed by atoms with E-state index in [2.05, 4.69) is 83.4 Å². The normalized spacial score (nSPS) is 13.7. The second kappa shape index (κ2) is 14.3. The largest absolute Gasteiger partial charge is 0.455 e. The molecular formula is C58H38N2O. The maximum absolute atomic E-state index is 9.64. The number of anilines is 3. The fourth-order valence-corrected chi connectivity index (χ4v) is 8.72. The van der Waals surface area contributed by atoms with Gasteiger partial charge in [-0.1, -0.05) is 158 Å². The summed E-state index contributed by atoms with van der Waals surface area (Å²) in [5.41, 5.74) is 8.30. The molecule has 0 atom stereocenters. The number of furan rings is 1. The van der Waals surface area contributed by atoms with Gasteiger partial charge in [0.25, 0.3) is 0 Å². The number of para-hydroxylation sites is 3. The molecule has 286 valence electrons. The second-order valence-corrected chi connectivity index (χ2v) is 15.0. The summed E-state index contributed by atoms with van der Waals surface area (Å²) >= 11 is 0. The number of nitrogens with zero attached hydrogens (tertiary/aromatic N) is 2. The Balaban J connectivity index is 1.04. The van der Waals surface area contributed by atoms with Gasteiger partial charge in [-0.05, 0) is 106 Å². The Hall–Kier alpha value is -8.14. The van der Waals surface area contributed by atoms with Gasteiger partial charge in [0.05, 0.1) is 29.1 Å². The van der Waals surface area contributed by atoms with Crippen LogP contribution in [0.5, 0.6) is 0 Å². The van der Waals surface area contributed by atoms with E-state index in [9.17, 15) is 5.48 Å². The molecule has 3 heteroatoms. The first-order chi connectivity index (χ1) is 34.0. The van der Waals surface area contributed by atoms with Gasteiger partial charge in [-0.3, -0.25) is 0 Å². The molecule has 0 unspecified atom stereocenters. The first kappa shape index (κ1) is 26.8. The molecule has 0 bridgehead atoms. The molecule has 0 aliphatic carbocycles. The first-order valence-electron chi connectivity index (χ1n) is 24.6. The molecule has 61 heavy (non-hydrogen) atoms. The van der Waals surface area contributed by atoms with Crippen LogP contribution in [-0.4, -0.2) is 4.57 Å². The van der Waals surface area contributed by atoms with E-state index in [1.54, 1.807) is 4.90 Å². The smallest absolute Gasteiger partial charge is 0.143 e. The van der Waals surface area contributed by atoms with E-state index in [1.807, 2.05) is 97.1 Å². The van der Waals surface area contributed by atoms with Gasteiger partial charge in [-0.15, -0.1) is 0 Å². The third kappa shape index (κ3) is 5.90. The van der Waals surface area contributed by atoms with Crippen molar-refractivity contribution in [2.24, 2.45) is 0 Å². The minimum absolute atomic E-state index is 0.0824. The van der Waals surface area contributed by atoms with E-state index in [4.69, 9.17) is 11.3 Å². The Kier molecular flexibility index (Phi) is 6.28. The van der Waals surface area contributed by atoms with E-state index in [0.717, 1.165) is 76.9 Å². The summed E-state index contributed by atoms with van der Waals surface area (Å²) in [7, 11) is 0. The van der Waals surface area contributed by atoms with Crippen LogP contribution in [0.1, 0.15) is 12.3 Å². The van der Waals surface area contributed by atoms with Crippen molar-refractivity contribution in [1.82, 2.24) is 4.57 Å². The Morgan fingerprint density at radius 2 is 1.08 bits per heavy atom. The molecular weight excluding hydrogens is 741 g/mol. The van der Waals surface area contributed by atoms with Gasteiger partial charge < -0.3 is 13.9 Å². The molecule has 0 aliphatic heterocycles. The molecule has 0 spiro atoms. The quantitative estimate of drug-likeness (QED) is 0.160. The molecule has 0 fully saturated rings. The van der Waals surface area contributed by atoms with Crippen molar-refractivity contribution in [3.63, 3.8) is 0 Å². The third-order valence-corrected chi connectivity index (χ3v) is 11.5. The van der Waals surface area contributed by atoms with Crippen LogP contribution in [-0.2, 0) is 0 Å². The van der Waals surface area contributed by atoms with E-state index in [-0.39, 0.29) is 11.3 Å². The number of hydrogen-bond acceptors (Lipinski definition) is 2. The molecule has 10 aromatic carbocycles. The molecule has 0 amide bonds. The standard InChI is InChI=1S/C58H38N2O/c1-2-13-39(14-3-1)40-25-31-45(32-26-40)59(54-22-9-6-18-48(54)44-30-36-57-53(38-44)52-35-29-42-15-4-5-19-49(42)58(52)61-57)46-33-27-41(28-34-46)43-16-12-17-47(37-43)60-55-23-10-7-20-50(55)51-21-8-11-24-56(51)60/h1-38H/i1D,2D,3D,13D,14D,25D,26D,31D,32D. The fourth-order valence-electron chi connectivity index (χ4n) is 8.72. The molecule has 0 aliphatic rings. The highest BCUT2D eigenvalue weighted by molar-refractivity contribution is 6.16. The van der Waals surface area contributed by atoms with Crippen molar-refractivity contribution < 1.29 is 16.8 Å². The second-order valence-electron chi connectivity index (χ2n) is 15.0. The van der Waals surface area contributed by atoms with Crippen LogP contribution in [0.15, 0.2) is 235 Å². The van der Waals surface area contributed by atoms with Crippen LogP contribution in [0.3, 0.4) is 0 Å². The highest BCUT2D eigenvalue weighted by Gasteiger charge is 2.20. The van der Waals surface area contributed by atoms with Crippen LogP contribution in [0, 0.1) is 0 Å². The minimum Gasteiger partial charge on any atom is -0.455 e. The lowest BCUT2D eigenvalue weighted by molar-refractivity contribution is 0.672. The van der Waals surface area contributed by atoms with E-state index in [0.29, 0.717) is 17.0 Å². The zero-order valence-electron chi connectivity index (χ0n) is 41.5. The Bertz CT molecular complexity index is 4030. The Labute approximate surface area is 366 Å². The van der Waals surface area contributed by atoms with Crippen molar-refractivity contribution in [2.75, 3.05) is 4.90 Å². The Morgan fingerprint density at radius 3 is 1.87 bits per heavy atom. The summed E-state index contributed by atoms with van der Waals surface area (Å²) in [5.74, 6) is 0. The highest BCUT2D eigenvalue weighted by Crippen LogP contribution is 2.44. The zero-order valence-corrected chi connectivity index (χ0v) is 32.5. The molecule has 2 heterocycles. The zero-order chi connectivity index (χ0) is 48.1. The van der Waals surface area contributed by atoms with E-state index >= 15 is 0 Å². The molecule has 0 N–H and O–H groups in total. The van der Waals surface area contributed by atoms with E-state index in [1.165, 1.54) is 0 Å². The van der Waals surface area contributed by atoms with Gasteiger partial charge in [0.15, 0.2) is 0 Å². The number of rotatable bonds is 7. The van der Waals surface area contributed by atoms with Gasteiger partial charge in [-0.2, -0.15) is 0 Å². The molecule has 12 rings (SSSR count). The topological polar surface area (TPSA) is 21.3 Å². The van der Waals surface area contributed by atoms with Crippen molar-refractivity contribution in [1.29, 1.82) is 0 Å². The number of fused-ring (bicyclic) bond motifs is 8. The third-order valence-electron chi connectivity index (χ3n) is 11.5. The monoisotopic (exact) mass is 787 g/mol. The summed E-state index contributed by atoms with van der Waals surface area (Å²) in [6, 6.07) is 53.5. The molecule has 0 radical (unpaired) electrons. The molecule has 0 saturated heterocycles. The van der Waals surface area contributed by atoms with Gasteiger partial charge in [0.1, 0.15) is 11.2 Å². The molecule has 0 saturated carbocycles. The average molecular weight is 788 g/mol. The van der Waals surface area contributed by atoms with Gasteiger partial charge >= 0.3 is 0 Å². The van der Waals surface area contributed by atoms with Crippen molar-refractivity contribution in [3.05, 3.63) is 230 Å². The van der Waals surface area contributed by atoms with Crippen molar-refractivity contribution in [3.8, 4) is 39.1 Å². The summed E-state index contributed by atoms with van der Waals surface area (Å²) in [6.45, 7) is 0. The van der Waals surface area contributed by atoms with Crippen LogP contribution in [0.2, 0.25) is 0 Å². The van der Waals surface area contributed by atoms with Crippen LogP contribution in [0.4, 0.5) is 17.1 Å². The SMILES string of the molecule is [2H]c1c([2H])c([2H])c(-c2c([2H])c([2H])c(N(c3ccc(-c4cccc(-n5c6ccccc6c6ccccc65)c4)cc3)c3ccccc3-c3ccc4oc5c6ccccc6ccc5c4c3)c([2H])c2[2H])c([2H])c1[2H]. The maximum atomic E-state index is 9.64. The first-order valence-corrected chi connectivity index (χ1v) is 20.1.